The topological polar surface area (TPSA) is 67.9 Å². The predicted octanol–water partition coefficient (Wildman–Crippen LogP) is 3.24. The summed E-state index contributed by atoms with van der Waals surface area (Å²) in [6.45, 7) is 0. The molecule has 2 aromatic carbocycles. The lowest BCUT2D eigenvalue weighted by atomic mass is 10.1. The Kier molecular flexibility index (Phi) is 6.46. The van der Waals surface area contributed by atoms with E-state index in [1.807, 2.05) is 0 Å². The molecule has 1 N–H and O–H groups in total. The maximum absolute atomic E-state index is 12.4. The van der Waals surface area contributed by atoms with E-state index in [-0.39, 0.29) is 18.2 Å². The molecule has 0 fully saturated rings. The van der Waals surface area contributed by atoms with E-state index in [1.165, 1.54) is 12.0 Å². The molecular weight excluding hydrogens is 356 g/mol. The summed E-state index contributed by atoms with van der Waals surface area (Å²) in [6, 6.07) is 10.0. The minimum atomic E-state index is -0.256. The minimum Gasteiger partial charge on any atom is -0.493 e. The van der Waals surface area contributed by atoms with Crippen LogP contribution in [0.4, 0.5) is 5.69 Å². The second-order valence-electron chi connectivity index (χ2n) is 5.81. The van der Waals surface area contributed by atoms with Crippen LogP contribution < -0.4 is 14.8 Å². The third kappa shape index (κ3) is 4.67. The first-order valence-electron chi connectivity index (χ1n) is 7.87. The summed E-state index contributed by atoms with van der Waals surface area (Å²) in [5, 5.41) is 3.11. The Morgan fingerprint density at radius 2 is 1.73 bits per heavy atom. The fraction of sp³-hybridized carbons (Fsp3) is 0.263. The summed E-state index contributed by atoms with van der Waals surface area (Å²) in [7, 11) is 6.40. The number of hydrogen-bond donors (Lipinski definition) is 1. The predicted molar refractivity (Wildman–Crippen MR) is 101 cm³/mol. The smallest absolute Gasteiger partial charge is 0.253 e. The van der Waals surface area contributed by atoms with Crippen LogP contribution in [-0.4, -0.2) is 45.0 Å². The van der Waals surface area contributed by atoms with Gasteiger partial charge < -0.3 is 19.7 Å². The molecule has 0 aliphatic heterocycles. The Hall–Kier alpha value is -2.73. The van der Waals surface area contributed by atoms with E-state index in [1.54, 1.807) is 57.6 Å². The van der Waals surface area contributed by atoms with Gasteiger partial charge in [-0.3, -0.25) is 9.59 Å². The van der Waals surface area contributed by atoms with Gasteiger partial charge in [-0.15, -0.1) is 0 Å². The first-order valence-corrected chi connectivity index (χ1v) is 8.25. The number of carbonyl (C=O) groups is 2. The lowest BCUT2D eigenvalue weighted by Gasteiger charge is -2.13. The number of ether oxygens (including phenoxy) is 2. The Balaban J connectivity index is 2.15. The number of hydrogen-bond acceptors (Lipinski definition) is 4. The third-order valence-corrected chi connectivity index (χ3v) is 4.04. The maximum Gasteiger partial charge on any atom is 0.253 e. The molecule has 0 heterocycles. The molecule has 0 aromatic heterocycles. The van der Waals surface area contributed by atoms with Crippen molar-refractivity contribution < 1.29 is 19.1 Å². The summed E-state index contributed by atoms with van der Waals surface area (Å²) in [5.74, 6) is 0.717. The van der Waals surface area contributed by atoms with E-state index in [0.717, 1.165) is 5.56 Å². The van der Waals surface area contributed by atoms with Crippen LogP contribution >= 0.6 is 11.6 Å². The van der Waals surface area contributed by atoms with Crippen LogP contribution in [0, 0.1) is 0 Å². The van der Waals surface area contributed by atoms with Gasteiger partial charge in [0.1, 0.15) is 0 Å². The fourth-order valence-electron chi connectivity index (χ4n) is 2.38. The van der Waals surface area contributed by atoms with Gasteiger partial charge in [0.05, 0.1) is 31.4 Å². The number of rotatable bonds is 6. The van der Waals surface area contributed by atoms with Crippen molar-refractivity contribution >= 4 is 29.1 Å². The van der Waals surface area contributed by atoms with Gasteiger partial charge in [0, 0.05) is 19.7 Å². The van der Waals surface area contributed by atoms with Crippen molar-refractivity contribution in [2.75, 3.05) is 33.6 Å². The average molecular weight is 377 g/mol. The molecule has 138 valence electrons. The highest BCUT2D eigenvalue weighted by Crippen LogP contribution is 2.28. The summed E-state index contributed by atoms with van der Waals surface area (Å²) in [6.07, 6.45) is 0.128. The summed E-state index contributed by atoms with van der Waals surface area (Å²) in [5.41, 5.74) is 1.60. The largest absolute Gasteiger partial charge is 0.493 e. The fourth-order valence-corrected chi connectivity index (χ4v) is 2.55. The molecular formula is C19H21ClN2O4. The number of halogens is 1. The second-order valence-corrected chi connectivity index (χ2v) is 6.22. The summed E-state index contributed by atoms with van der Waals surface area (Å²) < 4.78 is 10.4. The second kappa shape index (κ2) is 8.58. The first-order chi connectivity index (χ1) is 12.3. The Morgan fingerprint density at radius 1 is 1.04 bits per heavy atom. The van der Waals surface area contributed by atoms with E-state index < -0.39 is 0 Å². The number of nitrogens with one attached hydrogen (secondary N) is 1. The molecule has 2 amide bonds. The van der Waals surface area contributed by atoms with Crippen molar-refractivity contribution in [2.45, 2.75) is 6.42 Å². The summed E-state index contributed by atoms with van der Waals surface area (Å²) >= 11 is 6.14. The van der Waals surface area contributed by atoms with E-state index in [9.17, 15) is 9.59 Å². The zero-order chi connectivity index (χ0) is 19.3. The molecule has 6 nitrogen and oxygen atoms in total. The molecule has 0 saturated carbocycles. The zero-order valence-electron chi connectivity index (χ0n) is 15.1. The number of carbonyl (C=O) groups excluding carboxylic acids is 2. The molecule has 7 heteroatoms. The van der Waals surface area contributed by atoms with Crippen molar-refractivity contribution in [1.82, 2.24) is 4.90 Å². The Bertz CT molecular complexity index is 821. The molecule has 0 radical (unpaired) electrons. The van der Waals surface area contributed by atoms with Gasteiger partial charge in [-0.2, -0.15) is 0 Å². The minimum absolute atomic E-state index is 0.128. The number of benzene rings is 2. The van der Waals surface area contributed by atoms with Gasteiger partial charge in [0.2, 0.25) is 5.91 Å². The molecule has 2 aromatic rings. The summed E-state index contributed by atoms with van der Waals surface area (Å²) in [4.78, 5) is 25.9. The van der Waals surface area contributed by atoms with Gasteiger partial charge in [0.25, 0.3) is 5.91 Å². The van der Waals surface area contributed by atoms with Crippen molar-refractivity contribution in [3.8, 4) is 11.5 Å². The molecule has 0 bridgehead atoms. The lowest BCUT2D eigenvalue weighted by Crippen LogP contribution is -2.22. The van der Waals surface area contributed by atoms with Crippen LogP contribution in [0.25, 0.3) is 0 Å². The van der Waals surface area contributed by atoms with Crippen molar-refractivity contribution in [1.29, 1.82) is 0 Å². The Labute approximate surface area is 157 Å². The van der Waals surface area contributed by atoms with Gasteiger partial charge in [0.15, 0.2) is 11.5 Å². The molecule has 0 saturated heterocycles. The monoisotopic (exact) mass is 376 g/mol. The quantitative estimate of drug-likeness (QED) is 0.840. The van der Waals surface area contributed by atoms with E-state index >= 15 is 0 Å². The van der Waals surface area contributed by atoms with Crippen LogP contribution in [0.2, 0.25) is 5.02 Å². The molecule has 0 unspecified atom stereocenters. The Morgan fingerprint density at radius 3 is 2.35 bits per heavy atom. The van der Waals surface area contributed by atoms with E-state index in [0.29, 0.717) is 27.8 Å². The van der Waals surface area contributed by atoms with Gasteiger partial charge in [-0.1, -0.05) is 17.7 Å². The molecule has 0 atom stereocenters. The van der Waals surface area contributed by atoms with Crippen LogP contribution in [0.1, 0.15) is 15.9 Å². The molecule has 0 spiro atoms. The first kappa shape index (κ1) is 19.6. The number of methoxy groups -OCH3 is 2. The number of amides is 2. The van der Waals surface area contributed by atoms with E-state index in [4.69, 9.17) is 21.1 Å². The van der Waals surface area contributed by atoms with Crippen LogP contribution in [0.15, 0.2) is 36.4 Å². The average Bonchev–Trinajstić information content (AvgIpc) is 2.62. The maximum atomic E-state index is 12.4. The standard InChI is InChI=1S/C19H21ClN2O4/c1-22(2)19(24)13-6-7-14(20)15(11-13)21-18(23)10-12-5-8-16(25-3)17(9-12)26-4/h5-9,11H,10H2,1-4H3,(H,21,23). The van der Waals surface area contributed by atoms with Crippen molar-refractivity contribution in [3.63, 3.8) is 0 Å². The highest BCUT2D eigenvalue weighted by atomic mass is 35.5. The molecule has 0 aliphatic carbocycles. The van der Waals surface area contributed by atoms with Gasteiger partial charge >= 0.3 is 0 Å². The highest BCUT2D eigenvalue weighted by Gasteiger charge is 2.13. The SMILES string of the molecule is COc1ccc(CC(=O)Nc2cc(C(=O)N(C)C)ccc2Cl)cc1OC. The number of anilines is 1. The van der Waals surface area contributed by atoms with Gasteiger partial charge in [-0.05, 0) is 35.9 Å². The number of nitrogens with zero attached hydrogens (tertiary/aromatic N) is 1. The lowest BCUT2D eigenvalue weighted by molar-refractivity contribution is -0.115. The molecule has 2 rings (SSSR count). The highest BCUT2D eigenvalue weighted by molar-refractivity contribution is 6.33. The van der Waals surface area contributed by atoms with Crippen molar-refractivity contribution in [3.05, 3.63) is 52.5 Å². The van der Waals surface area contributed by atoms with Crippen LogP contribution in [0.3, 0.4) is 0 Å². The molecule has 0 aliphatic rings. The molecule has 26 heavy (non-hydrogen) atoms. The van der Waals surface area contributed by atoms with Crippen molar-refractivity contribution in [2.24, 2.45) is 0 Å². The van der Waals surface area contributed by atoms with Crippen LogP contribution in [-0.2, 0) is 11.2 Å². The van der Waals surface area contributed by atoms with Crippen LogP contribution in [0.5, 0.6) is 11.5 Å². The normalized spacial score (nSPS) is 10.2. The van der Waals surface area contributed by atoms with E-state index in [2.05, 4.69) is 5.32 Å². The van der Waals surface area contributed by atoms with Gasteiger partial charge in [-0.25, -0.2) is 0 Å². The zero-order valence-corrected chi connectivity index (χ0v) is 15.9. The third-order valence-electron chi connectivity index (χ3n) is 3.71.